The second kappa shape index (κ2) is 6.19. The van der Waals surface area contributed by atoms with E-state index in [0.717, 1.165) is 47.7 Å². The predicted molar refractivity (Wildman–Crippen MR) is 113 cm³/mol. The van der Waals surface area contributed by atoms with E-state index in [-0.39, 0.29) is 10.8 Å². The van der Waals surface area contributed by atoms with Crippen molar-refractivity contribution in [2.24, 2.45) is 0 Å². The lowest BCUT2D eigenvalue weighted by Gasteiger charge is -2.32. The highest BCUT2D eigenvalue weighted by atomic mass is 16.5. The fourth-order valence-corrected chi connectivity index (χ4v) is 6.19. The molecule has 0 radical (unpaired) electrons. The van der Waals surface area contributed by atoms with Crippen molar-refractivity contribution in [3.05, 3.63) is 57.6 Å². The molecule has 0 unspecified atom stereocenters. The van der Waals surface area contributed by atoms with E-state index in [0.29, 0.717) is 22.6 Å². The van der Waals surface area contributed by atoms with Gasteiger partial charge in [-0.3, -0.25) is 9.59 Å². The fourth-order valence-electron chi connectivity index (χ4n) is 6.19. The van der Waals surface area contributed by atoms with Crippen molar-refractivity contribution in [2.75, 3.05) is 14.2 Å². The summed E-state index contributed by atoms with van der Waals surface area (Å²) in [6.45, 7) is 8.86. The van der Waals surface area contributed by atoms with Gasteiger partial charge in [0.05, 0.1) is 25.3 Å². The van der Waals surface area contributed by atoms with Crippen LogP contribution in [0.1, 0.15) is 83.5 Å². The van der Waals surface area contributed by atoms with Gasteiger partial charge in [-0.25, -0.2) is 0 Å². The van der Waals surface area contributed by atoms with Gasteiger partial charge in [-0.05, 0) is 58.1 Å². The average Bonchev–Trinajstić information content (AvgIpc) is 3.06. The lowest BCUT2D eigenvalue weighted by atomic mass is 9.70. The van der Waals surface area contributed by atoms with Gasteiger partial charge in [-0.1, -0.05) is 39.8 Å². The minimum atomic E-state index is -0.437. The monoisotopic (exact) mass is 392 g/mol. The Morgan fingerprint density at radius 3 is 1.41 bits per heavy atom. The minimum Gasteiger partial charge on any atom is -0.496 e. The Bertz CT molecular complexity index is 946. The highest BCUT2D eigenvalue weighted by molar-refractivity contribution is 5.89. The Labute approximate surface area is 172 Å². The summed E-state index contributed by atoms with van der Waals surface area (Å²) in [6.07, 6.45) is 3.47. The smallest absolute Gasteiger partial charge is 0.154 e. The highest BCUT2D eigenvalue weighted by Gasteiger charge is 2.58. The van der Waals surface area contributed by atoms with Gasteiger partial charge in [-0.2, -0.15) is 0 Å². The SMILES string of the molecule is COc1ccc2c(c1C=O)C1(CC2(C)C)CC(C)(C)c2ccc(OC)c(C=O)c21. The third kappa shape index (κ3) is 2.44. The summed E-state index contributed by atoms with van der Waals surface area (Å²) in [5.41, 5.74) is 4.82. The molecule has 0 atom stereocenters. The van der Waals surface area contributed by atoms with Gasteiger partial charge in [0.2, 0.25) is 0 Å². The lowest BCUT2D eigenvalue weighted by Crippen LogP contribution is -2.28. The van der Waals surface area contributed by atoms with E-state index < -0.39 is 5.41 Å². The van der Waals surface area contributed by atoms with E-state index in [1.807, 2.05) is 12.1 Å². The molecule has 4 heteroatoms. The number of ether oxygens (including phenoxy) is 2. The second-order valence-corrected chi connectivity index (χ2v) is 9.65. The van der Waals surface area contributed by atoms with Gasteiger partial charge < -0.3 is 9.47 Å². The van der Waals surface area contributed by atoms with Crippen molar-refractivity contribution < 1.29 is 19.1 Å². The summed E-state index contributed by atoms with van der Waals surface area (Å²) in [4.78, 5) is 24.5. The lowest BCUT2D eigenvalue weighted by molar-refractivity contribution is 0.111. The quantitative estimate of drug-likeness (QED) is 0.689. The maximum absolute atomic E-state index is 12.3. The molecule has 2 aromatic rings. The van der Waals surface area contributed by atoms with Crippen LogP contribution in [0.15, 0.2) is 24.3 Å². The molecule has 0 saturated heterocycles. The first kappa shape index (κ1) is 19.7. The Kier molecular flexibility index (Phi) is 4.20. The van der Waals surface area contributed by atoms with Gasteiger partial charge in [0.25, 0.3) is 0 Å². The number of aldehydes is 2. The van der Waals surface area contributed by atoms with E-state index >= 15 is 0 Å². The van der Waals surface area contributed by atoms with Gasteiger partial charge in [0.15, 0.2) is 12.6 Å². The zero-order valence-electron chi connectivity index (χ0n) is 18.0. The predicted octanol–water partition coefficient (Wildman–Crippen LogP) is 4.98. The number of methoxy groups -OCH3 is 2. The summed E-state index contributed by atoms with van der Waals surface area (Å²) in [5.74, 6) is 1.16. The van der Waals surface area contributed by atoms with Crippen LogP contribution in [0.4, 0.5) is 0 Å². The average molecular weight is 392 g/mol. The number of fused-ring (bicyclic) bond motifs is 4. The van der Waals surface area contributed by atoms with Gasteiger partial charge >= 0.3 is 0 Å². The van der Waals surface area contributed by atoms with Crippen molar-refractivity contribution in [1.82, 2.24) is 0 Å². The zero-order valence-corrected chi connectivity index (χ0v) is 18.0. The molecule has 0 fully saturated rings. The van der Waals surface area contributed by atoms with Crippen molar-refractivity contribution in [3.8, 4) is 11.5 Å². The Hall–Kier alpha value is -2.62. The van der Waals surface area contributed by atoms with E-state index in [1.165, 1.54) is 0 Å². The topological polar surface area (TPSA) is 52.6 Å². The van der Waals surface area contributed by atoms with Gasteiger partial charge in [0, 0.05) is 5.41 Å². The van der Waals surface area contributed by atoms with Crippen molar-refractivity contribution in [2.45, 2.75) is 56.8 Å². The molecule has 0 bridgehead atoms. The molecule has 0 amide bonds. The van der Waals surface area contributed by atoms with Gasteiger partial charge in [0.1, 0.15) is 11.5 Å². The van der Waals surface area contributed by atoms with Crippen LogP contribution in [-0.4, -0.2) is 26.8 Å². The number of carbonyl (C=O) groups excluding carboxylic acids is 2. The van der Waals surface area contributed by atoms with Crippen LogP contribution in [0.3, 0.4) is 0 Å². The van der Waals surface area contributed by atoms with E-state index in [2.05, 4.69) is 39.8 Å². The Morgan fingerprint density at radius 2 is 1.10 bits per heavy atom. The van der Waals surface area contributed by atoms with Crippen LogP contribution in [0, 0.1) is 0 Å². The maximum Gasteiger partial charge on any atom is 0.154 e. The Balaban J connectivity index is 2.18. The molecule has 0 saturated carbocycles. The standard InChI is InChI=1S/C25H28O4/c1-23(2)13-25(21-15(11-26)19(28-5)9-7-17(21)23)14-24(3,4)18-8-10-20(29-6)16(12-27)22(18)25/h7-12H,13-14H2,1-6H3. The number of hydrogen-bond acceptors (Lipinski definition) is 4. The van der Waals surface area contributed by atoms with E-state index in [9.17, 15) is 9.59 Å². The molecule has 2 aliphatic carbocycles. The third-order valence-corrected chi connectivity index (χ3v) is 6.99. The van der Waals surface area contributed by atoms with Crippen molar-refractivity contribution >= 4 is 12.6 Å². The second-order valence-electron chi connectivity index (χ2n) is 9.65. The molecule has 0 heterocycles. The zero-order chi connectivity index (χ0) is 21.2. The van der Waals surface area contributed by atoms with Crippen LogP contribution in [-0.2, 0) is 16.2 Å². The molecule has 1 spiro atoms. The van der Waals surface area contributed by atoms with Crippen LogP contribution in [0.25, 0.3) is 0 Å². The highest BCUT2D eigenvalue weighted by Crippen LogP contribution is 2.65. The normalized spacial score (nSPS) is 19.5. The first-order valence-corrected chi connectivity index (χ1v) is 10.0. The van der Waals surface area contributed by atoms with Crippen LogP contribution >= 0.6 is 0 Å². The summed E-state index contributed by atoms with van der Waals surface area (Å²) >= 11 is 0. The molecular formula is C25H28O4. The van der Waals surface area contributed by atoms with Crippen LogP contribution < -0.4 is 9.47 Å². The summed E-state index contributed by atoms with van der Waals surface area (Å²) in [7, 11) is 3.18. The molecule has 0 aliphatic heterocycles. The first-order chi connectivity index (χ1) is 13.7. The molecule has 2 aromatic carbocycles. The first-order valence-electron chi connectivity index (χ1n) is 10.0. The van der Waals surface area contributed by atoms with Crippen molar-refractivity contribution in [3.63, 3.8) is 0 Å². The molecule has 0 aromatic heterocycles. The van der Waals surface area contributed by atoms with E-state index in [1.54, 1.807) is 14.2 Å². The van der Waals surface area contributed by atoms with Crippen molar-refractivity contribution in [1.29, 1.82) is 0 Å². The molecule has 29 heavy (non-hydrogen) atoms. The van der Waals surface area contributed by atoms with Crippen LogP contribution in [0.2, 0.25) is 0 Å². The van der Waals surface area contributed by atoms with Crippen LogP contribution in [0.5, 0.6) is 11.5 Å². The minimum absolute atomic E-state index is 0.139. The largest absolute Gasteiger partial charge is 0.496 e. The molecule has 152 valence electrons. The maximum atomic E-state index is 12.3. The summed E-state index contributed by atoms with van der Waals surface area (Å²) in [6, 6.07) is 7.94. The number of rotatable bonds is 4. The molecular weight excluding hydrogens is 364 g/mol. The molecule has 0 N–H and O–H groups in total. The molecule has 4 nitrogen and oxygen atoms in total. The molecule has 2 aliphatic rings. The number of benzene rings is 2. The van der Waals surface area contributed by atoms with Gasteiger partial charge in [-0.15, -0.1) is 0 Å². The summed E-state index contributed by atoms with van der Waals surface area (Å²) < 4.78 is 11.1. The number of hydrogen-bond donors (Lipinski definition) is 0. The van der Waals surface area contributed by atoms with E-state index in [4.69, 9.17) is 9.47 Å². The number of carbonyl (C=O) groups is 2. The third-order valence-electron chi connectivity index (χ3n) is 6.99. The Morgan fingerprint density at radius 1 is 0.724 bits per heavy atom. The molecule has 4 rings (SSSR count). The fraction of sp³-hybridized carbons (Fsp3) is 0.440. The summed E-state index contributed by atoms with van der Waals surface area (Å²) in [5, 5.41) is 0.